The zero-order valence-electron chi connectivity index (χ0n) is 11.4. The first kappa shape index (κ1) is 14.9. The maximum absolute atomic E-state index is 12.2. The lowest BCUT2D eigenvalue weighted by Crippen LogP contribution is -2.43. The number of rotatable bonds is 5. The summed E-state index contributed by atoms with van der Waals surface area (Å²) in [6.45, 7) is 7.94. The van der Waals surface area contributed by atoms with Crippen LogP contribution in [0.15, 0.2) is 0 Å². The summed E-state index contributed by atoms with van der Waals surface area (Å²) in [5.74, 6) is 0.905. The lowest BCUT2D eigenvalue weighted by atomic mass is 10.0. The van der Waals surface area contributed by atoms with E-state index < -0.39 is 10.0 Å². The van der Waals surface area contributed by atoms with Crippen LogP contribution in [0.25, 0.3) is 0 Å². The van der Waals surface area contributed by atoms with Crippen LogP contribution in [0.4, 0.5) is 0 Å². The highest BCUT2D eigenvalue weighted by Crippen LogP contribution is 2.18. The van der Waals surface area contributed by atoms with E-state index in [1.54, 1.807) is 11.4 Å². The van der Waals surface area contributed by atoms with Gasteiger partial charge in [0.2, 0.25) is 10.0 Å². The average molecular weight is 262 g/mol. The van der Waals surface area contributed by atoms with Gasteiger partial charge in [0, 0.05) is 13.1 Å². The van der Waals surface area contributed by atoms with Crippen molar-refractivity contribution in [1.82, 2.24) is 9.62 Å². The van der Waals surface area contributed by atoms with E-state index in [0.29, 0.717) is 5.92 Å². The molecule has 0 amide bonds. The van der Waals surface area contributed by atoms with Crippen LogP contribution in [0.5, 0.6) is 0 Å². The fourth-order valence-electron chi connectivity index (χ4n) is 2.15. The number of nitrogens with one attached hydrogen (secondary N) is 1. The molecule has 0 aromatic carbocycles. The SMILES string of the molecule is CC(C)C(C)N(C)S(=O)(=O)CC1CCCNC1. The summed E-state index contributed by atoms with van der Waals surface area (Å²) in [7, 11) is -1.41. The van der Waals surface area contributed by atoms with Crippen LogP contribution < -0.4 is 5.32 Å². The molecule has 1 heterocycles. The molecule has 0 bridgehead atoms. The molecule has 1 aliphatic rings. The zero-order valence-corrected chi connectivity index (χ0v) is 12.3. The van der Waals surface area contributed by atoms with Crippen LogP contribution in [0.1, 0.15) is 33.6 Å². The lowest BCUT2D eigenvalue weighted by Gasteiger charge is -2.30. The van der Waals surface area contributed by atoms with Crippen molar-refractivity contribution in [3.8, 4) is 0 Å². The molecule has 102 valence electrons. The van der Waals surface area contributed by atoms with Gasteiger partial charge in [-0.15, -0.1) is 0 Å². The van der Waals surface area contributed by atoms with Gasteiger partial charge in [0.15, 0.2) is 0 Å². The first-order chi connectivity index (χ1) is 7.84. The summed E-state index contributed by atoms with van der Waals surface area (Å²) >= 11 is 0. The van der Waals surface area contributed by atoms with Crippen LogP contribution in [-0.4, -0.2) is 44.7 Å². The van der Waals surface area contributed by atoms with Crippen molar-refractivity contribution >= 4 is 10.0 Å². The molecular weight excluding hydrogens is 236 g/mol. The Hall–Kier alpha value is -0.130. The minimum Gasteiger partial charge on any atom is -0.316 e. The second-order valence-corrected chi connectivity index (χ2v) is 7.56. The zero-order chi connectivity index (χ0) is 13.1. The lowest BCUT2D eigenvalue weighted by molar-refractivity contribution is 0.310. The molecule has 1 saturated heterocycles. The summed E-state index contributed by atoms with van der Waals surface area (Å²) in [6.07, 6.45) is 2.11. The Morgan fingerprint density at radius 1 is 1.35 bits per heavy atom. The van der Waals surface area contributed by atoms with Gasteiger partial charge in [-0.3, -0.25) is 0 Å². The maximum Gasteiger partial charge on any atom is 0.214 e. The molecule has 1 N–H and O–H groups in total. The molecule has 5 heteroatoms. The molecule has 17 heavy (non-hydrogen) atoms. The van der Waals surface area contributed by atoms with Crippen molar-refractivity contribution in [2.75, 3.05) is 25.9 Å². The summed E-state index contributed by atoms with van der Waals surface area (Å²) in [6, 6.07) is 0.0662. The summed E-state index contributed by atoms with van der Waals surface area (Å²) in [4.78, 5) is 0. The normalized spacial score (nSPS) is 24.2. The van der Waals surface area contributed by atoms with E-state index in [1.165, 1.54) is 0 Å². The first-order valence-corrected chi connectivity index (χ1v) is 8.12. The van der Waals surface area contributed by atoms with Gasteiger partial charge in [-0.1, -0.05) is 13.8 Å². The number of hydrogen-bond acceptors (Lipinski definition) is 3. The molecule has 0 saturated carbocycles. The predicted octanol–water partition coefficient (Wildman–Crippen LogP) is 1.29. The van der Waals surface area contributed by atoms with Crippen molar-refractivity contribution < 1.29 is 8.42 Å². The topological polar surface area (TPSA) is 49.4 Å². The standard InChI is InChI=1S/C12H26N2O2S/c1-10(2)11(3)14(4)17(15,16)9-12-6-5-7-13-8-12/h10-13H,5-9H2,1-4H3. The Kier molecular flexibility index (Phi) is 5.41. The van der Waals surface area contributed by atoms with Crippen molar-refractivity contribution in [2.45, 2.75) is 39.7 Å². The molecule has 0 aromatic rings. The van der Waals surface area contributed by atoms with Gasteiger partial charge >= 0.3 is 0 Å². The van der Waals surface area contributed by atoms with E-state index in [2.05, 4.69) is 19.2 Å². The molecule has 0 radical (unpaired) electrons. The monoisotopic (exact) mass is 262 g/mol. The van der Waals surface area contributed by atoms with Crippen LogP contribution >= 0.6 is 0 Å². The molecule has 1 aliphatic heterocycles. The fourth-order valence-corrected chi connectivity index (χ4v) is 4.02. The summed E-state index contributed by atoms with van der Waals surface area (Å²) in [5.41, 5.74) is 0. The van der Waals surface area contributed by atoms with Crippen LogP contribution in [0, 0.1) is 11.8 Å². The quantitative estimate of drug-likeness (QED) is 0.812. The first-order valence-electron chi connectivity index (χ1n) is 6.51. The van der Waals surface area contributed by atoms with Crippen LogP contribution in [0.3, 0.4) is 0 Å². The largest absolute Gasteiger partial charge is 0.316 e. The fraction of sp³-hybridized carbons (Fsp3) is 1.00. The predicted molar refractivity (Wildman–Crippen MR) is 71.4 cm³/mol. The third-order valence-electron chi connectivity index (χ3n) is 3.82. The molecule has 2 unspecified atom stereocenters. The van der Waals surface area contributed by atoms with Crippen molar-refractivity contribution in [1.29, 1.82) is 0 Å². The van der Waals surface area contributed by atoms with Gasteiger partial charge in [-0.05, 0) is 44.7 Å². The van der Waals surface area contributed by atoms with E-state index in [0.717, 1.165) is 25.9 Å². The van der Waals surface area contributed by atoms with Gasteiger partial charge in [0.05, 0.1) is 5.75 Å². The van der Waals surface area contributed by atoms with E-state index in [4.69, 9.17) is 0 Å². The molecule has 0 spiro atoms. The smallest absolute Gasteiger partial charge is 0.214 e. The van der Waals surface area contributed by atoms with Gasteiger partial charge in [0.25, 0.3) is 0 Å². The Labute approximate surface area is 106 Å². The second-order valence-electron chi connectivity index (χ2n) is 5.49. The van der Waals surface area contributed by atoms with Crippen molar-refractivity contribution in [3.05, 3.63) is 0 Å². The Morgan fingerprint density at radius 2 is 2.00 bits per heavy atom. The number of nitrogens with zero attached hydrogens (tertiary/aromatic N) is 1. The highest BCUT2D eigenvalue weighted by atomic mass is 32.2. The molecule has 4 nitrogen and oxygen atoms in total. The molecule has 0 aliphatic carbocycles. The third-order valence-corrected chi connectivity index (χ3v) is 5.93. The molecule has 1 rings (SSSR count). The third kappa shape index (κ3) is 4.23. The van der Waals surface area contributed by atoms with Gasteiger partial charge < -0.3 is 5.32 Å². The van der Waals surface area contributed by atoms with Crippen LogP contribution in [0.2, 0.25) is 0 Å². The second kappa shape index (κ2) is 6.16. The number of sulfonamides is 1. The minimum absolute atomic E-state index is 0.0662. The van der Waals surface area contributed by atoms with Crippen LogP contribution in [-0.2, 0) is 10.0 Å². The minimum atomic E-state index is -3.11. The number of piperidine rings is 1. The Balaban J connectivity index is 2.60. The van der Waals surface area contributed by atoms with Gasteiger partial charge in [0.1, 0.15) is 0 Å². The highest BCUT2D eigenvalue weighted by Gasteiger charge is 2.28. The summed E-state index contributed by atoms with van der Waals surface area (Å²) in [5, 5.41) is 3.27. The number of hydrogen-bond donors (Lipinski definition) is 1. The highest BCUT2D eigenvalue weighted by molar-refractivity contribution is 7.89. The molecule has 1 fully saturated rings. The average Bonchev–Trinajstić information content (AvgIpc) is 2.27. The summed E-state index contributed by atoms with van der Waals surface area (Å²) < 4.78 is 26.0. The van der Waals surface area contributed by atoms with E-state index in [1.807, 2.05) is 6.92 Å². The molecular formula is C12H26N2O2S. The van der Waals surface area contributed by atoms with Gasteiger partial charge in [-0.25, -0.2) is 12.7 Å². The van der Waals surface area contributed by atoms with E-state index in [-0.39, 0.29) is 17.7 Å². The van der Waals surface area contributed by atoms with Crippen molar-refractivity contribution in [3.63, 3.8) is 0 Å². The van der Waals surface area contributed by atoms with Crippen molar-refractivity contribution in [2.24, 2.45) is 11.8 Å². The molecule has 0 aromatic heterocycles. The van der Waals surface area contributed by atoms with Gasteiger partial charge in [-0.2, -0.15) is 0 Å². The Morgan fingerprint density at radius 3 is 2.47 bits per heavy atom. The van der Waals surface area contributed by atoms with E-state index in [9.17, 15) is 8.42 Å². The van der Waals surface area contributed by atoms with E-state index >= 15 is 0 Å². The maximum atomic E-state index is 12.2. The Bertz CT molecular complexity index is 321. The molecule has 2 atom stereocenters.